The van der Waals surface area contributed by atoms with Gasteiger partial charge >= 0.3 is 6.09 Å². The normalized spacial score (nSPS) is 15.6. The lowest BCUT2D eigenvalue weighted by atomic mass is 9.91. The van der Waals surface area contributed by atoms with Gasteiger partial charge in [0.05, 0.1) is 4.90 Å². The molecule has 0 spiro atoms. The van der Waals surface area contributed by atoms with Gasteiger partial charge in [-0.1, -0.05) is 24.8 Å². The van der Waals surface area contributed by atoms with E-state index in [1.807, 2.05) is 46.8 Å². The Hall–Kier alpha value is -3.17. The van der Waals surface area contributed by atoms with Crippen LogP contribution in [0.3, 0.4) is 0 Å². The molecule has 2 amide bonds. The average Bonchev–Trinajstić information content (AvgIpc) is 2.83. The smallest absolute Gasteiger partial charge is 0.410 e. The Kier molecular flexibility index (Phi) is 9.05. The van der Waals surface area contributed by atoms with Gasteiger partial charge in [-0.15, -0.1) is 0 Å². The second kappa shape index (κ2) is 11.7. The van der Waals surface area contributed by atoms with Crippen LogP contribution in [0.2, 0.25) is 0 Å². The standard InChI is InChI=1S/C29H39N3O5S/c1-19(2)25-18-23(12-13-26(25)30-27(33)24-11-9-8-10-20(24)3)38(35,36)31-21(4)22-14-16-32(17-15-22)28(34)37-29(5,6)7/h8-13,18,21-22,31H,1,14-17H2,2-7H3,(H,30,33)/t21-/m1/s1. The first-order chi connectivity index (χ1) is 17.7. The lowest BCUT2D eigenvalue weighted by Crippen LogP contribution is -2.46. The molecule has 2 aromatic rings. The Morgan fingerprint density at radius 3 is 2.29 bits per heavy atom. The molecule has 0 aliphatic carbocycles. The Bertz CT molecular complexity index is 1310. The highest BCUT2D eigenvalue weighted by Crippen LogP contribution is 2.28. The van der Waals surface area contributed by atoms with Gasteiger partial charge in [0.15, 0.2) is 0 Å². The summed E-state index contributed by atoms with van der Waals surface area (Å²) >= 11 is 0. The van der Waals surface area contributed by atoms with Crippen molar-refractivity contribution in [2.75, 3.05) is 18.4 Å². The molecule has 1 saturated heterocycles. The number of anilines is 1. The van der Waals surface area contributed by atoms with E-state index in [4.69, 9.17) is 4.74 Å². The number of carbonyl (C=O) groups excluding carboxylic acids is 2. The fourth-order valence-electron chi connectivity index (χ4n) is 4.49. The highest BCUT2D eigenvalue weighted by Gasteiger charge is 2.31. The zero-order chi connectivity index (χ0) is 28.3. The van der Waals surface area contributed by atoms with Crippen LogP contribution in [-0.2, 0) is 14.8 Å². The maximum Gasteiger partial charge on any atom is 0.410 e. The predicted octanol–water partition coefficient (Wildman–Crippen LogP) is 5.59. The van der Waals surface area contributed by atoms with Gasteiger partial charge in [0.1, 0.15) is 5.60 Å². The molecule has 0 saturated carbocycles. The average molecular weight is 542 g/mol. The molecule has 1 aliphatic rings. The van der Waals surface area contributed by atoms with Gasteiger partial charge in [-0.3, -0.25) is 4.79 Å². The Labute approximate surface area is 226 Å². The summed E-state index contributed by atoms with van der Waals surface area (Å²) in [7, 11) is -3.83. The number of benzene rings is 2. The van der Waals surface area contributed by atoms with E-state index in [9.17, 15) is 18.0 Å². The minimum Gasteiger partial charge on any atom is -0.444 e. The summed E-state index contributed by atoms with van der Waals surface area (Å²) in [6, 6.07) is 11.6. The maximum atomic E-state index is 13.3. The molecule has 0 radical (unpaired) electrons. The van der Waals surface area contributed by atoms with E-state index in [0.29, 0.717) is 48.3 Å². The van der Waals surface area contributed by atoms with Crippen molar-refractivity contribution in [2.24, 2.45) is 5.92 Å². The van der Waals surface area contributed by atoms with Crippen molar-refractivity contribution in [1.82, 2.24) is 9.62 Å². The van der Waals surface area contributed by atoms with Crippen LogP contribution in [0.1, 0.15) is 68.9 Å². The molecule has 3 rings (SSSR count). The van der Waals surface area contributed by atoms with Crippen molar-refractivity contribution >= 4 is 33.3 Å². The van der Waals surface area contributed by atoms with Gasteiger partial charge < -0.3 is 15.0 Å². The molecule has 0 aromatic heterocycles. The third-order valence-corrected chi connectivity index (χ3v) is 8.20. The van der Waals surface area contributed by atoms with Crippen molar-refractivity contribution in [3.8, 4) is 0 Å². The van der Waals surface area contributed by atoms with E-state index in [2.05, 4.69) is 16.6 Å². The largest absolute Gasteiger partial charge is 0.444 e. The second-order valence-corrected chi connectivity index (χ2v) is 12.7. The number of carbonyl (C=O) groups is 2. The molecule has 9 heteroatoms. The van der Waals surface area contributed by atoms with Crippen LogP contribution in [0.15, 0.2) is 53.9 Å². The monoisotopic (exact) mass is 541 g/mol. The van der Waals surface area contributed by atoms with Crippen LogP contribution < -0.4 is 10.0 Å². The number of hydrogen-bond acceptors (Lipinski definition) is 5. The Morgan fingerprint density at radius 1 is 1.08 bits per heavy atom. The van der Waals surface area contributed by atoms with Gasteiger partial charge in [-0.2, -0.15) is 0 Å². The molecule has 1 atom stereocenters. The van der Waals surface area contributed by atoms with E-state index < -0.39 is 15.6 Å². The van der Waals surface area contributed by atoms with Gasteiger partial charge in [-0.05, 0) is 95.7 Å². The summed E-state index contributed by atoms with van der Waals surface area (Å²) in [5, 5.41) is 2.89. The van der Waals surface area contributed by atoms with Crippen LogP contribution >= 0.6 is 0 Å². The van der Waals surface area contributed by atoms with E-state index >= 15 is 0 Å². The molecule has 0 unspecified atom stereocenters. The second-order valence-electron chi connectivity index (χ2n) is 11.0. The topological polar surface area (TPSA) is 105 Å². The lowest BCUT2D eigenvalue weighted by molar-refractivity contribution is 0.0174. The number of nitrogens with zero attached hydrogens (tertiary/aromatic N) is 1. The third-order valence-electron chi connectivity index (χ3n) is 6.64. The number of likely N-dealkylation sites (tertiary alicyclic amines) is 1. The van der Waals surface area contributed by atoms with Crippen LogP contribution in [0.5, 0.6) is 0 Å². The number of allylic oxidation sites excluding steroid dienone is 1. The third kappa shape index (κ3) is 7.45. The molecule has 8 nitrogen and oxygen atoms in total. The highest BCUT2D eigenvalue weighted by atomic mass is 32.2. The van der Waals surface area contributed by atoms with Crippen molar-refractivity contribution < 1.29 is 22.7 Å². The molecular formula is C29H39N3O5S. The van der Waals surface area contributed by atoms with Crippen molar-refractivity contribution in [2.45, 2.75) is 70.9 Å². The number of nitrogens with one attached hydrogen (secondary N) is 2. The number of hydrogen-bond donors (Lipinski definition) is 2. The molecule has 0 bridgehead atoms. The van der Waals surface area contributed by atoms with Crippen LogP contribution in [0, 0.1) is 12.8 Å². The Balaban J connectivity index is 1.69. The van der Waals surface area contributed by atoms with E-state index in [0.717, 1.165) is 5.56 Å². The first-order valence-corrected chi connectivity index (χ1v) is 14.3. The summed E-state index contributed by atoms with van der Waals surface area (Å²) < 4.78 is 34.8. The summed E-state index contributed by atoms with van der Waals surface area (Å²) in [6.45, 7) is 16.0. The summed E-state index contributed by atoms with van der Waals surface area (Å²) in [5.41, 5.74) is 2.50. The molecule has 38 heavy (non-hydrogen) atoms. The van der Waals surface area contributed by atoms with Crippen LogP contribution in [0.25, 0.3) is 5.57 Å². The van der Waals surface area contributed by atoms with Crippen LogP contribution in [-0.4, -0.2) is 50.1 Å². The Morgan fingerprint density at radius 2 is 1.71 bits per heavy atom. The minimum absolute atomic E-state index is 0.0803. The van der Waals surface area contributed by atoms with Crippen molar-refractivity contribution in [1.29, 1.82) is 0 Å². The molecule has 206 valence electrons. The van der Waals surface area contributed by atoms with E-state index in [1.54, 1.807) is 30.0 Å². The van der Waals surface area contributed by atoms with E-state index in [1.165, 1.54) is 12.1 Å². The first-order valence-electron chi connectivity index (χ1n) is 12.8. The van der Waals surface area contributed by atoms with E-state index in [-0.39, 0.29) is 28.9 Å². The fourth-order valence-corrected chi connectivity index (χ4v) is 5.83. The SMILES string of the molecule is C=C(C)c1cc(S(=O)(=O)N[C@H](C)C2CCN(C(=O)OC(C)(C)C)CC2)ccc1NC(=O)c1ccccc1C. The zero-order valence-corrected chi connectivity index (χ0v) is 23.9. The summed E-state index contributed by atoms with van der Waals surface area (Å²) in [4.78, 5) is 27.0. The van der Waals surface area contributed by atoms with Gasteiger partial charge in [0.2, 0.25) is 10.0 Å². The number of amides is 2. The molecule has 2 aromatic carbocycles. The van der Waals surface area contributed by atoms with Crippen molar-refractivity contribution in [3.05, 3.63) is 65.7 Å². The molecule has 1 aliphatic heterocycles. The maximum absolute atomic E-state index is 13.3. The van der Waals surface area contributed by atoms with Gasteiger partial charge in [0, 0.05) is 35.9 Å². The lowest BCUT2D eigenvalue weighted by Gasteiger charge is -2.35. The van der Waals surface area contributed by atoms with Crippen LogP contribution in [0.4, 0.5) is 10.5 Å². The first kappa shape index (κ1) is 29.4. The number of sulfonamides is 1. The van der Waals surface area contributed by atoms with Gasteiger partial charge in [0.25, 0.3) is 5.91 Å². The number of piperidine rings is 1. The number of rotatable bonds is 7. The van der Waals surface area contributed by atoms with Gasteiger partial charge in [-0.25, -0.2) is 17.9 Å². The zero-order valence-electron chi connectivity index (χ0n) is 23.1. The number of aryl methyl sites for hydroxylation is 1. The predicted molar refractivity (Wildman–Crippen MR) is 151 cm³/mol. The molecular weight excluding hydrogens is 502 g/mol. The molecule has 2 N–H and O–H groups in total. The number of ether oxygens (including phenoxy) is 1. The quantitative estimate of drug-likeness (QED) is 0.475. The van der Waals surface area contributed by atoms with Crippen molar-refractivity contribution in [3.63, 3.8) is 0 Å². The minimum atomic E-state index is -3.83. The highest BCUT2D eigenvalue weighted by molar-refractivity contribution is 7.89. The molecule has 1 heterocycles. The molecule has 1 fully saturated rings. The summed E-state index contributed by atoms with van der Waals surface area (Å²) in [5.74, 6) is -0.192. The summed E-state index contributed by atoms with van der Waals surface area (Å²) in [6.07, 6.45) is 0.999. The fraction of sp³-hybridized carbons (Fsp3) is 0.448.